The van der Waals surface area contributed by atoms with Gasteiger partial charge in [-0.1, -0.05) is 6.92 Å². The molecule has 0 spiro atoms. The maximum Gasteiger partial charge on any atom is 0.222 e. The molecule has 0 aromatic rings. The van der Waals surface area contributed by atoms with Crippen molar-refractivity contribution in [3.63, 3.8) is 0 Å². The molecule has 1 aliphatic heterocycles. The summed E-state index contributed by atoms with van der Waals surface area (Å²) in [5.41, 5.74) is 5.67. The molecule has 1 rings (SSSR count). The maximum absolute atomic E-state index is 12.0. The summed E-state index contributed by atoms with van der Waals surface area (Å²) in [6.07, 6.45) is 2.49. The van der Waals surface area contributed by atoms with Gasteiger partial charge < -0.3 is 20.3 Å². The standard InChI is InChI=1S/C14H29N3O2/c1-13(11-15)12-16-6-4-7-17(9-8-16)14(18)5-3-10-19-2/h13H,3-12,15H2,1-2H3. The van der Waals surface area contributed by atoms with Crippen molar-refractivity contribution in [3.8, 4) is 0 Å². The quantitative estimate of drug-likeness (QED) is 0.687. The average molecular weight is 271 g/mol. The maximum atomic E-state index is 12.0. The molecular weight excluding hydrogens is 242 g/mol. The van der Waals surface area contributed by atoms with E-state index in [2.05, 4.69) is 11.8 Å². The van der Waals surface area contributed by atoms with Gasteiger partial charge in [0.15, 0.2) is 0 Å². The molecule has 1 saturated heterocycles. The fourth-order valence-electron chi connectivity index (χ4n) is 2.44. The van der Waals surface area contributed by atoms with Gasteiger partial charge >= 0.3 is 0 Å². The Morgan fingerprint density at radius 2 is 2.11 bits per heavy atom. The van der Waals surface area contributed by atoms with E-state index in [1.165, 1.54) is 0 Å². The van der Waals surface area contributed by atoms with Crippen LogP contribution in [-0.4, -0.2) is 68.7 Å². The zero-order valence-corrected chi connectivity index (χ0v) is 12.4. The van der Waals surface area contributed by atoms with Crippen LogP contribution in [0.25, 0.3) is 0 Å². The number of carbonyl (C=O) groups is 1. The third-order valence-corrected chi connectivity index (χ3v) is 3.65. The van der Waals surface area contributed by atoms with Gasteiger partial charge in [0.2, 0.25) is 5.91 Å². The molecule has 0 aromatic carbocycles. The Hall–Kier alpha value is -0.650. The van der Waals surface area contributed by atoms with Crippen LogP contribution in [0.5, 0.6) is 0 Å². The van der Waals surface area contributed by atoms with Crippen LogP contribution in [0, 0.1) is 5.92 Å². The predicted octanol–water partition coefficient (Wildman–Crippen LogP) is 0.542. The number of hydrogen-bond acceptors (Lipinski definition) is 4. The second kappa shape index (κ2) is 9.28. The molecule has 19 heavy (non-hydrogen) atoms. The van der Waals surface area contributed by atoms with Gasteiger partial charge in [0.25, 0.3) is 0 Å². The molecule has 0 aromatic heterocycles. The predicted molar refractivity (Wildman–Crippen MR) is 77.0 cm³/mol. The van der Waals surface area contributed by atoms with Crippen molar-refractivity contribution in [3.05, 3.63) is 0 Å². The fraction of sp³-hybridized carbons (Fsp3) is 0.929. The number of nitrogens with two attached hydrogens (primary N) is 1. The van der Waals surface area contributed by atoms with Crippen LogP contribution in [0.15, 0.2) is 0 Å². The number of amides is 1. The molecule has 1 unspecified atom stereocenters. The number of hydrogen-bond donors (Lipinski definition) is 1. The van der Waals surface area contributed by atoms with Gasteiger partial charge in [0.1, 0.15) is 0 Å². The van der Waals surface area contributed by atoms with Gasteiger partial charge in [0.05, 0.1) is 0 Å². The summed E-state index contributed by atoms with van der Waals surface area (Å²) in [7, 11) is 1.67. The van der Waals surface area contributed by atoms with Crippen LogP contribution in [-0.2, 0) is 9.53 Å². The van der Waals surface area contributed by atoms with Gasteiger partial charge in [-0.2, -0.15) is 0 Å². The minimum atomic E-state index is 0.269. The van der Waals surface area contributed by atoms with Crippen molar-refractivity contribution < 1.29 is 9.53 Å². The largest absolute Gasteiger partial charge is 0.385 e. The second-order valence-corrected chi connectivity index (χ2v) is 5.47. The summed E-state index contributed by atoms with van der Waals surface area (Å²) in [6, 6.07) is 0. The van der Waals surface area contributed by atoms with Crippen molar-refractivity contribution in [1.29, 1.82) is 0 Å². The monoisotopic (exact) mass is 271 g/mol. The lowest BCUT2D eigenvalue weighted by Crippen LogP contribution is -2.37. The van der Waals surface area contributed by atoms with Crippen LogP contribution in [0.2, 0.25) is 0 Å². The van der Waals surface area contributed by atoms with Crippen LogP contribution < -0.4 is 5.73 Å². The lowest BCUT2D eigenvalue weighted by molar-refractivity contribution is -0.131. The third-order valence-electron chi connectivity index (χ3n) is 3.65. The summed E-state index contributed by atoms with van der Waals surface area (Å²) in [6.45, 7) is 8.41. The summed E-state index contributed by atoms with van der Waals surface area (Å²) in [5.74, 6) is 0.801. The van der Waals surface area contributed by atoms with Gasteiger partial charge in [0, 0.05) is 46.3 Å². The van der Waals surface area contributed by atoms with E-state index < -0.39 is 0 Å². The van der Waals surface area contributed by atoms with Crippen LogP contribution in [0.4, 0.5) is 0 Å². The Balaban J connectivity index is 2.30. The Morgan fingerprint density at radius 3 is 2.79 bits per heavy atom. The third kappa shape index (κ3) is 6.36. The molecule has 0 radical (unpaired) electrons. The number of carbonyl (C=O) groups excluding carboxylic acids is 1. The van der Waals surface area contributed by atoms with E-state index in [1.807, 2.05) is 4.90 Å². The van der Waals surface area contributed by atoms with Gasteiger partial charge in [-0.25, -0.2) is 0 Å². The summed E-state index contributed by atoms with van der Waals surface area (Å²) in [4.78, 5) is 16.5. The minimum Gasteiger partial charge on any atom is -0.385 e. The van der Waals surface area contributed by atoms with Crippen molar-refractivity contribution in [2.75, 3.05) is 53.0 Å². The highest BCUT2D eigenvalue weighted by molar-refractivity contribution is 5.76. The summed E-state index contributed by atoms with van der Waals surface area (Å²) < 4.78 is 4.99. The molecular formula is C14H29N3O2. The minimum absolute atomic E-state index is 0.269. The molecule has 1 fully saturated rings. The Kier molecular flexibility index (Phi) is 8.02. The van der Waals surface area contributed by atoms with E-state index in [-0.39, 0.29) is 5.91 Å². The van der Waals surface area contributed by atoms with Crippen molar-refractivity contribution >= 4 is 5.91 Å². The SMILES string of the molecule is COCCCC(=O)N1CCCN(CC(C)CN)CC1. The van der Waals surface area contributed by atoms with E-state index in [0.29, 0.717) is 18.9 Å². The normalized spacial score (nSPS) is 19.2. The molecule has 2 N–H and O–H groups in total. The van der Waals surface area contributed by atoms with Gasteiger partial charge in [-0.3, -0.25) is 4.79 Å². The zero-order chi connectivity index (χ0) is 14.1. The Labute approximate surface area is 117 Å². The molecule has 0 saturated carbocycles. The van der Waals surface area contributed by atoms with Crippen LogP contribution in [0.1, 0.15) is 26.2 Å². The molecule has 0 aliphatic carbocycles. The van der Waals surface area contributed by atoms with Crippen LogP contribution in [0.3, 0.4) is 0 Å². The first-order chi connectivity index (χ1) is 9.17. The molecule has 112 valence electrons. The molecule has 0 bridgehead atoms. The molecule has 1 heterocycles. The number of nitrogens with zero attached hydrogens (tertiary/aromatic N) is 2. The molecule has 1 amide bonds. The van der Waals surface area contributed by atoms with E-state index >= 15 is 0 Å². The van der Waals surface area contributed by atoms with E-state index in [4.69, 9.17) is 10.5 Å². The topological polar surface area (TPSA) is 58.8 Å². The first kappa shape index (κ1) is 16.4. The Morgan fingerprint density at radius 1 is 1.32 bits per heavy atom. The molecule has 1 aliphatic rings. The average Bonchev–Trinajstić information content (AvgIpc) is 2.64. The van der Waals surface area contributed by atoms with E-state index in [0.717, 1.165) is 52.1 Å². The lowest BCUT2D eigenvalue weighted by Gasteiger charge is -2.24. The van der Waals surface area contributed by atoms with Crippen molar-refractivity contribution in [1.82, 2.24) is 9.80 Å². The van der Waals surface area contributed by atoms with E-state index in [9.17, 15) is 4.79 Å². The van der Waals surface area contributed by atoms with Crippen molar-refractivity contribution in [2.24, 2.45) is 11.7 Å². The lowest BCUT2D eigenvalue weighted by atomic mass is 10.1. The fourth-order valence-corrected chi connectivity index (χ4v) is 2.44. The smallest absolute Gasteiger partial charge is 0.222 e. The second-order valence-electron chi connectivity index (χ2n) is 5.47. The number of rotatable bonds is 7. The molecule has 5 heteroatoms. The molecule has 1 atom stereocenters. The molecule has 5 nitrogen and oxygen atoms in total. The zero-order valence-electron chi connectivity index (χ0n) is 12.4. The highest BCUT2D eigenvalue weighted by Crippen LogP contribution is 2.08. The number of methoxy groups -OCH3 is 1. The summed E-state index contributed by atoms with van der Waals surface area (Å²) >= 11 is 0. The van der Waals surface area contributed by atoms with E-state index in [1.54, 1.807) is 7.11 Å². The Bertz CT molecular complexity index is 261. The summed E-state index contributed by atoms with van der Waals surface area (Å²) in [5, 5.41) is 0. The van der Waals surface area contributed by atoms with Crippen molar-refractivity contribution in [2.45, 2.75) is 26.2 Å². The number of ether oxygens (including phenoxy) is 1. The highest BCUT2D eigenvalue weighted by atomic mass is 16.5. The highest BCUT2D eigenvalue weighted by Gasteiger charge is 2.19. The van der Waals surface area contributed by atoms with Crippen LogP contribution >= 0.6 is 0 Å². The van der Waals surface area contributed by atoms with Gasteiger partial charge in [-0.15, -0.1) is 0 Å². The first-order valence-electron chi connectivity index (χ1n) is 7.36. The first-order valence-corrected chi connectivity index (χ1v) is 7.36. The van der Waals surface area contributed by atoms with Gasteiger partial charge in [-0.05, 0) is 31.8 Å².